The van der Waals surface area contributed by atoms with Gasteiger partial charge in [-0.3, -0.25) is 4.98 Å². The fourth-order valence-corrected chi connectivity index (χ4v) is 3.58. The first-order valence-corrected chi connectivity index (χ1v) is 8.20. The molecule has 0 radical (unpaired) electrons. The highest BCUT2D eigenvalue weighted by Crippen LogP contribution is 2.30. The van der Waals surface area contributed by atoms with Gasteiger partial charge >= 0.3 is 0 Å². The van der Waals surface area contributed by atoms with Crippen LogP contribution in [-0.2, 0) is 0 Å². The molecule has 1 aromatic carbocycles. The summed E-state index contributed by atoms with van der Waals surface area (Å²) in [5.41, 5.74) is 2.96. The molecule has 0 N–H and O–H groups in total. The quantitative estimate of drug-likeness (QED) is 0.715. The zero-order chi connectivity index (χ0) is 15.8. The summed E-state index contributed by atoms with van der Waals surface area (Å²) < 4.78 is 0. The van der Waals surface area contributed by atoms with Crippen LogP contribution in [0.4, 0.5) is 5.82 Å². The maximum absolute atomic E-state index is 4.50. The van der Waals surface area contributed by atoms with Crippen molar-refractivity contribution in [2.75, 3.05) is 4.90 Å². The van der Waals surface area contributed by atoms with Gasteiger partial charge in [-0.25, -0.2) is 0 Å². The Morgan fingerprint density at radius 3 is 2.48 bits per heavy atom. The van der Waals surface area contributed by atoms with E-state index in [1.165, 1.54) is 12.8 Å². The lowest BCUT2D eigenvalue weighted by atomic mass is 10.1. The molecule has 116 valence electrons. The van der Waals surface area contributed by atoms with Crippen molar-refractivity contribution in [3.8, 4) is 11.3 Å². The highest BCUT2D eigenvalue weighted by atomic mass is 15.3. The molecule has 0 aliphatic carbocycles. The minimum absolute atomic E-state index is 0.534. The second-order valence-electron chi connectivity index (χ2n) is 6.34. The van der Waals surface area contributed by atoms with Gasteiger partial charge in [0.15, 0.2) is 5.82 Å². The third-order valence-electron chi connectivity index (χ3n) is 4.79. The molecule has 0 spiro atoms. The average Bonchev–Trinajstić information content (AvgIpc) is 2.93. The highest BCUT2D eigenvalue weighted by molar-refractivity contribution is 5.93. The number of hydrogen-bond donors (Lipinski definition) is 0. The first-order chi connectivity index (χ1) is 11.2. The Labute approximate surface area is 136 Å². The summed E-state index contributed by atoms with van der Waals surface area (Å²) in [6.45, 7) is 4.52. The van der Waals surface area contributed by atoms with E-state index in [1.807, 2.05) is 24.4 Å². The number of hydrogen-bond acceptors (Lipinski definition) is 4. The van der Waals surface area contributed by atoms with E-state index in [9.17, 15) is 0 Å². The van der Waals surface area contributed by atoms with Crippen molar-refractivity contribution in [3.05, 3.63) is 48.7 Å². The molecule has 1 aliphatic heterocycles. The van der Waals surface area contributed by atoms with Crippen LogP contribution >= 0.6 is 0 Å². The number of nitrogens with zero attached hydrogens (tertiary/aromatic N) is 4. The molecule has 2 atom stereocenters. The van der Waals surface area contributed by atoms with Crippen LogP contribution < -0.4 is 4.90 Å². The number of aromatic nitrogens is 3. The normalized spacial score (nSPS) is 21.0. The van der Waals surface area contributed by atoms with Crippen LogP contribution in [0.3, 0.4) is 0 Å². The summed E-state index contributed by atoms with van der Waals surface area (Å²) in [4.78, 5) is 6.79. The van der Waals surface area contributed by atoms with Gasteiger partial charge in [0.25, 0.3) is 0 Å². The lowest BCUT2D eigenvalue weighted by Gasteiger charge is -2.26. The highest BCUT2D eigenvalue weighted by Gasteiger charge is 2.28. The number of benzene rings is 1. The third kappa shape index (κ3) is 2.44. The largest absolute Gasteiger partial charge is 0.350 e. The van der Waals surface area contributed by atoms with Crippen LogP contribution in [0.15, 0.2) is 48.7 Å². The van der Waals surface area contributed by atoms with Crippen LogP contribution in [0, 0.1) is 0 Å². The lowest BCUT2D eigenvalue weighted by Crippen LogP contribution is -2.33. The van der Waals surface area contributed by atoms with Crippen molar-refractivity contribution in [3.63, 3.8) is 0 Å². The van der Waals surface area contributed by atoms with Gasteiger partial charge in [0.1, 0.15) is 0 Å². The molecular weight excluding hydrogens is 284 g/mol. The first kappa shape index (κ1) is 14.1. The van der Waals surface area contributed by atoms with E-state index in [0.29, 0.717) is 12.1 Å². The van der Waals surface area contributed by atoms with E-state index < -0.39 is 0 Å². The first-order valence-electron chi connectivity index (χ1n) is 8.20. The van der Waals surface area contributed by atoms with Crippen molar-refractivity contribution < 1.29 is 0 Å². The van der Waals surface area contributed by atoms with Crippen molar-refractivity contribution >= 4 is 16.7 Å². The van der Waals surface area contributed by atoms with Gasteiger partial charge in [0.05, 0.1) is 11.2 Å². The molecule has 0 bridgehead atoms. The fourth-order valence-electron chi connectivity index (χ4n) is 3.58. The van der Waals surface area contributed by atoms with Crippen LogP contribution in [-0.4, -0.2) is 27.3 Å². The van der Waals surface area contributed by atoms with Crippen LogP contribution in [0.5, 0.6) is 0 Å². The zero-order valence-electron chi connectivity index (χ0n) is 13.5. The van der Waals surface area contributed by atoms with E-state index in [2.05, 4.69) is 58.2 Å². The molecule has 23 heavy (non-hydrogen) atoms. The number of anilines is 1. The van der Waals surface area contributed by atoms with Gasteiger partial charge in [-0.05, 0) is 51.0 Å². The Balaban J connectivity index is 1.73. The van der Waals surface area contributed by atoms with E-state index in [-0.39, 0.29) is 0 Å². The molecule has 4 heteroatoms. The molecule has 2 aromatic heterocycles. The Bertz CT molecular complexity index is 813. The predicted molar refractivity (Wildman–Crippen MR) is 93.4 cm³/mol. The summed E-state index contributed by atoms with van der Waals surface area (Å²) in [6, 6.07) is 15.4. The van der Waals surface area contributed by atoms with Gasteiger partial charge in [-0.2, -0.15) is 0 Å². The monoisotopic (exact) mass is 304 g/mol. The smallest absolute Gasteiger partial charge is 0.151 e. The van der Waals surface area contributed by atoms with E-state index >= 15 is 0 Å². The third-order valence-corrected chi connectivity index (χ3v) is 4.79. The van der Waals surface area contributed by atoms with Gasteiger partial charge in [-0.1, -0.05) is 18.2 Å². The van der Waals surface area contributed by atoms with E-state index in [4.69, 9.17) is 0 Å². The van der Waals surface area contributed by atoms with Gasteiger partial charge < -0.3 is 4.90 Å². The number of pyridine rings is 1. The van der Waals surface area contributed by atoms with Crippen molar-refractivity contribution in [1.29, 1.82) is 0 Å². The number of fused-ring (bicyclic) bond motifs is 1. The Morgan fingerprint density at radius 2 is 1.74 bits per heavy atom. The topological polar surface area (TPSA) is 41.9 Å². The lowest BCUT2D eigenvalue weighted by molar-refractivity contribution is 0.676. The molecule has 0 unspecified atom stereocenters. The van der Waals surface area contributed by atoms with Gasteiger partial charge in [-0.15, -0.1) is 10.2 Å². The number of rotatable bonds is 2. The summed E-state index contributed by atoms with van der Waals surface area (Å²) in [7, 11) is 0. The van der Waals surface area contributed by atoms with E-state index in [1.54, 1.807) is 0 Å². The fraction of sp³-hybridized carbons (Fsp3) is 0.316. The summed E-state index contributed by atoms with van der Waals surface area (Å²) in [5, 5.41) is 10.1. The molecule has 4 rings (SSSR count). The van der Waals surface area contributed by atoms with Gasteiger partial charge in [0, 0.05) is 29.2 Å². The second-order valence-corrected chi connectivity index (χ2v) is 6.34. The van der Waals surface area contributed by atoms with Crippen LogP contribution in [0.25, 0.3) is 22.2 Å². The Kier molecular flexibility index (Phi) is 3.45. The summed E-state index contributed by atoms with van der Waals surface area (Å²) >= 11 is 0. The minimum atomic E-state index is 0.534. The van der Waals surface area contributed by atoms with Crippen molar-refractivity contribution in [1.82, 2.24) is 15.2 Å². The van der Waals surface area contributed by atoms with Gasteiger partial charge in [0.2, 0.25) is 0 Å². The van der Waals surface area contributed by atoms with E-state index in [0.717, 1.165) is 28.0 Å². The standard InChI is InChI=1S/C19H20N4/c1-13-8-9-14(2)23(13)19-11-10-18(21-22-19)16-5-3-7-17-15(16)6-4-12-20-17/h3-7,10-14H,8-9H2,1-2H3/t13-,14+. The molecule has 0 amide bonds. The molecule has 1 saturated heterocycles. The zero-order valence-corrected chi connectivity index (χ0v) is 13.5. The maximum Gasteiger partial charge on any atom is 0.151 e. The molecule has 1 aliphatic rings. The van der Waals surface area contributed by atoms with Crippen molar-refractivity contribution in [2.45, 2.75) is 38.8 Å². The van der Waals surface area contributed by atoms with Crippen molar-refractivity contribution in [2.24, 2.45) is 0 Å². The van der Waals surface area contributed by atoms with Crippen LogP contribution in [0.1, 0.15) is 26.7 Å². The Hall–Kier alpha value is -2.49. The predicted octanol–water partition coefficient (Wildman–Crippen LogP) is 4.07. The average molecular weight is 304 g/mol. The van der Waals surface area contributed by atoms with Crippen LogP contribution in [0.2, 0.25) is 0 Å². The maximum atomic E-state index is 4.50. The minimum Gasteiger partial charge on any atom is -0.350 e. The molecular formula is C19H20N4. The summed E-state index contributed by atoms with van der Waals surface area (Å²) in [5.74, 6) is 0.976. The molecule has 0 saturated carbocycles. The second kappa shape index (κ2) is 5.61. The SMILES string of the molecule is C[C@@H]1CC[C@H](C)N1c1ccc(-c2cccc3ncccc23)nn1. The molecule has 1 fully saturated rings. The molecule has 4 nitrogen and oxygen atoms in total. The summed E-state index contributed by atoms with van der Waals surface area (Å²) in [6.07, 6.45) is 4.26. The Morgan fingerprint density at radius 1 is 0.913 bits per heavy atom. The molecule has 3 heterocycles. The molecule has 3 aromatic rings.